The maximum atomic E-state index is 13.3. The van der Waals surface area contributed by atoms with Gasteiger partial charge >= 0.3 is 6.29 Å². The van der Waals surface area contributed by atoms with E-state index in [9.17, 15) is 8.78 Å². The SMILES string of the molecule is FC1(F)Oc2cc3c(cc2O1)C1(C=C3)CCC2(CC1)OCCO2. The van der Waals surface area contributed by atoms with Gasteiger partial charge in [0.2, 0.25) is 0 Å². The molecule has 0 unspecified atom stereocenters. The molecule has 4 aliphatic rings. The van der Waals surface area contributed by atoms with Crippen molar-refractivity contribution in [3.63, 3.8) is 0 Å². The van der Waals surface area contributed by atoms with Crippen molar-refractivity contribution in [3.05, 3.63) is 29.3 Å². The molecule has 2 spiro atoms. The highest BCUT2D eigenvalue weighted by Crippen LogP contribution is 2.54. The van der Waals surface area contributed by atoms with Crippen LogP contribution in [0.25, 0.3) is 6.08 Å². The molecule has 4 nitrogen and oxygen atoms in total. The second-order valence-electron chi connectivity index (χ2n) is 6.65. The third kappa shape index (κ3) is 1.94. The fraction of sp³-hybridized carbons (Fsp3) is 0.529. The Morgan fingerprint density at radius 3 is 2.22 bits per heavy atom. The molecule has 1 aromatic carbocycles. The van der Waals surface area contributed by atoms with Crippen molar-refractivity contribution in [3.8, 4) is 11.5 Å². The van der Waals surface area contributed by atoms with E-state index in [1.165, 1.54) is 0 Å². The molecule has 0 aromatic heterocycles. The second-order valence-corrected chi connectivity index (χ2v) is 6.65. The van der Waals surface area contributed by atoms with Crippen molar-refractivity contribution in [2.24, 2.45) is 0 Å². The highest BCUT2D eigenvalue weighted by molar-refractivity contribution is 5.69. The number of halogens is 2. The summed E-state index contributed by atoms with van der Waals surface area (Å²) in [7, 11) is 0. The van der Waals surface area contributed by atoms with Gasteiger partial charge in [0.25, 0.3) is 0 Å². The largest absolute Gasteiger partial charge is 0.586 e. The summed E-state index contributed by atoms with van der Waals surface area (Å²) >= 11 is 0. The summed E-state index contributed by atoms with van der Waals surface area (Å²) in [5.41, 5.74) is 1.81. The van der Waals surface area contributed by atoms with E-state index in [0.29, 0.717) is 13.2 Å². The molecule has 1 saturated carbocycles. The van der Waals surface area contributed by atoms with E-state index in [1.807, 2.05) is 6.08 Å². The minimum Gasteiger partial charge on any atom is -0.395 e. The van der Waals surface area contributed by atoms with Crippen LogP contribution in [0.4, 0.5) is 8.78 Å². The molecule has 23 heavy (non-hydrogen) atoms. The Morgan fingerprint density at radius 2 is 1.52 bits per heavy atom. The van der Waals surface area contributed by atoms with Crippen molar-refractivity contribution < 1.29 is 27.7 Å². The molecule has 122 valence electrons. The standard InChI is InChI=1S/C17H16F2O4/c18-17(19)22-13-9-11-1-2-15(12(11)10-14(13)23-17)3-5-16(6-4-15)20-7-8-21-16/h1-2,9-10H,3-8H2. The normalized spacial score (nSPS) is 27.7. The molecule has 6 heteroatoms. The summed E-state index contributed by atoms with van der Waals surface area (Å²) in [4.78, 5) is 0. The van der Waals surface area contributed by atoms with E-state index in [-0.39, 0.29) is 16.9 Å². The Morgan fingerprint density at radius 1 is 0.870 bits per heavy atom. The quantitative estimate of drug-likeness (QED) is 0.731. The van der Waals surface area contributed by atoms with Crippen molar-refractivity contribution in [1.82, 2.24) is 0 Å². The lowest BCUT2D eigenvalue weighted by atomic mass is 9.69. The van der Waals surface area contributed by atoms with Gasteiger partial charge in [-0.1, -0.05) is 12.2 Å². The van der Waals surface area contributed by atoms with Crippen LogP contribution < -0.4 is 9.47 Å². The lowest BCUT2D eigenvalue weighted by Gasteiger charge is -2.41. The zero-order valence-corrected chi connectivity index (χ0v) is 12.4. The first-order valence-electron chi connectivity index (χ1n) is 7.91. The minimum absolute atomic E-state index is 0.102. The van der Waals surface area contributed by atoms with E-state index < -0.39 is 12.1 Å². The smallest absolute Gasteiger partial charge is 0.395 e. The average molecular weight is 322 g/mol. The second kappa shape index (κ2) is 4.24. The van der Waals surface area contributed by atoms with Crippen LogP contribution in [-0.2, 0) is 14.9 Å². The summed E-state index contributed by atoms with van der Waals surface area (Å²) in [5, 5.41) is 0. The molecule has 0 bridgehead atoms. The van der Waals surface area contributed by atoms with Crippen LogP contribution in [-0.4, -0.2) is 25.3 Å². The number of ether oxygens (including phenoxy) is 4. The van der Waals surface area contributed by atoms with Gasteiger partial charge in [0.1, 0.15) is 0 Å². The van der Waals surface area contributed by atoms with Gasteiger partial charge in [-0.05, 0) is 36.1 Å². The van der Waals surface area contributed by atoms with E-state index in [2.05, 4.69) is 15.5 Å². The van der Waals surface area contributed by atoms with Crippen LogP contribution in [0.1, 0.15) is 36.8 Å². The van der Waals surface area contributed by atoms with Crippen molar-refractivity contribution >= 4 is 6.08 Å². The molecule has 2 aliphatic heterocycles. The van der Waals surface area contributed by atoms with Crippen LogP contribution in [0.5, 0.6) is 11.5 Å². The van der Waals surface area contributed by atoms with Gasteiger partial charge in [-0.25, -0.2) is 0 Å². The Bertz CT molecular complexity index is 697. The van der Waals surface area contributed by atoms with E-state index in [1.54, 1.807) is 12.1 Å². The van der Waals surface area contributed by atoms with Crippen molar-refractivity contribution in [1.29, 1.82) is 0 Å². The molecule has 5 rings (SSSR count). The molecular formula is C17H16F2O4. The van der Waals surface area contributed by atoms with Gasteiger partial charge in [0, 0.05) is 18.3 Å². The Kier molecular flexibility index (Phi) is 2.54. The fourth-order valence-electron chi connectivity index (χ4n) is 4.22. The van der Waals surface area contributed by atoms with Crippen LogP contribution in [0.3, 0.4) is 0 Å². The Hall–Kier alpha value is -1.66. The summed E-state index contributed by atoms with van der Waals surface area (Å²) in [6, 6.07) is 3.35. The number of allylic oxidation sites excluding steroid dienone is 1. The van der Waals surface area contributed by atoms with E-state index >= 15 is 0 Å². The summed E-state index contributed by atoms with van der Waals surface area (Å²) < 4.78 is 47.2. The van der Waals surface area contributed by atoms with Crippen molar-refractivity contribution in [2.45, 2.75) is 43.2 Å². The lowest BCUT2D eigenvalue weighted by Crippen LogP contribution is -2.40. The number of hydrogen-bond donors (Lipinski definition) is 0. The van der Waals surface area contributed by atoms with E-state index in [4.69, 9.17) is 9.47 Å². The Balaban J connectivity index is 1.48. The molecule has 2 fully saturated rings. The highest BCUT2D eigenvalue weighted by atomic mass is 19.3. The van der Waals surface area contributed by atoms with Crippen molar-refractivity contribution in [2.75, 3.05) is 13.2 Å². The third-order valence-corrected chi connectivity index (χ3v) is 5.41. The minimum atomic E-state index is -3.57. The van der Waals surface area contributed by atoms with Gasteiger partial charge in [0.05, 0.1) is 13.2 Å². The van der Waals surface area contributed by atoms with Crippen LogP contribution in [0, 0.1) is 0 Å². The van der Waals surface area contributed by atoms with E-state index in [0.717, 1.165) is 36.8 Å². The molecule has 2 aliphatic carbocycles. The molecule has 0 amide bonds. The zero-order chi connectivity index (χ0) is 15.7. The van der Waals surface area contributed by atoms with Crippen LogP contribution >= 0.6 is 0 Å². The molecule has 1 saturated heterocycles. The first kappa shape index (κ1) is 13.7. The molecule has 1 aromatic rings. The van der Waals surface area contributed by atoms with Gasteiger partial charge < -0.3 is 18.9 Å². The molecule has 2 heterocycles. The predicted octanol–water partition coefficient (Wildman–Crippen LogP) is 3.59. The number of hydrogen-bond acceptors (Lipinski definition) is 4. The van der Waals surface area contributed by atoms with Gasteiger partial charge in [-0.2, -0.15) is 0 Å². The Labute approximate surface area is 132 Å². The number of fused-ring (bicyclic) bond motifs is 3. The first-order chi connectivity index (χ1) is 11.0. The van der Waals surface area contributed by atoms with Gasteiger partial charge in [-0.15, -0.1) is 8.78 Å². The van der Waals surface area contributed by atoms with Crippen LogP contribution in [0.2, 0.25) is 0 Å². The summed E-state index contributed by atoms with van der Waals surface area (Å²) in [5.74, 6) is -0.221. The first-order valence-corrected chi connectivity index (χ1v) is 7.91. The van der Waals surface area contributed by atoms with Gasteiger partial charge in [0.15, 0.2) is 17.3 Å². The monoisotopic (exact) mass is 322 g/mol. The lowest BCUT2D eigenvalue weighted by molar-refractivity contribution is -0.286. The van der Waals surface area contributed by atoms with Crippen LogP contribution in [0.15, 0.2) is 18.2 Å². The van der Waals surface area contributed by atoms with Gasteiger partial charge in [-0.3, -0.25) is 0 Å². The molecule has 0 atom stereocenters. The molecular weight excluding hydrogens is 306 g/mol. The highest BCUT2D eigenvalue weighted by Gasteiger charge is 2.49. The predicted molar refractivity (Wildman–Crippen MR) is 76.5 cm³/mol. The number of rotatable bonds is 0. The number of alkyl halides is 2. The topological polar surface area (TPSA) is 36.9 Å². The fourth-order valence-corrected chi connectivity index (χ4v) is 4.22. The third-order valence-electron chi connectivity index (χ3n) is 5.41. The molecule has 0 N–H and O–H groups in total. The zero-order valence-electron chi connectivity index (χ0n) is 12.4. The number of benzene rings is 1. The average Bonchev–Trinajstić information content (AvgIpc) is 3.17. The summed E-state index contributed by atoms with van der Waals surface area (Å²) in [6.07, 6.45) is 3.94. The maximum Gasteiger partial charge on any atom is 0.586 e. The molecule has 0 radical (unpaired) electrons. The summed E-state index contributed by atoms with van der Waals surface area (Å²) in [6.45, 7) is 1.29. The maximum absolute atomic E-state index is 13.3.